The average molecular weight is 238 g/mol. The van der Waals surface area contributed by atoms with Gasteiger partial charge in [-0.25, -0.2) is 0 Å². The molecule has 0 saturated heterocycles. The van der Waals surface area contributed by atoms with Crippen LogP contribution in [-0.2, 0) is 0 Å². The molecule has 1 aromatic rings. The number of hydrogen-bond donors (Lipinski definition) is 0. The van der Waals surface area contributed by atoms with Crippen molar-refractivity contribution in [2.75, 3.05) is 0 Å². The van der Waals surface area contributed by atoms with Gasteiger partial charge >= 0.3 is 83.4 Å². The molecule has 0 heterocycles. The maximum absolute atomic E-state index is 11.4. The first-order chi connectivity index (χ1) is 6.24. The third-order valence-electron chi connectivity index (χ3n) is 1.56. The van der Waals surface area contributed by atoms with Crippen LogP contribution in [-0.4, -0.2) is 19.6 Å². The molecule has 0 N–H and O–H groups in total. The van der Waals surface area contributed by atoms with Crippen LogP contribution >= 0.6 is 0 Å². The van der Waals surface area contributed by atoms with E-state index < -0.39 is 0 Å². The summed E-state index contributed by atoms with van der Waals surface area (Å²) < 4.78 is 0.106. The summed E-state index contributed by atoms with van der Waals surface area (Å²) in [5.74, 6) is 0. The van der Waals surface area contributed by atoms with Crippen LogP contribution in [0.5, 0.6) is 0 Å². The summed E-state index contributed by atoms with van der Waals surface area (Å²) in [6.45, 7) is 1.98. The Kier molecular flexibility index (Phi) is 3.70. The van der Waals surface area contributed by atoms with Gasteiger partial charge in [0.2, 0.25) is 0 Å². The molecule has 1 aromatic carbocycles. The number of hydrogen-bond acceptors (Lipinski definition) is 2. The van der Waals surface area contributed by atoms with Crippen LogP contribution in [0.25, 0.3) is 0 Å². The molecule has 66 valence electrons. The molecule has 0 aliphatic carbocycles. The normalized spacial score (nSPS) is 9.23. The van der Waals surface area contributed by atoms with Gasteiger partial charge < -0.3 is 0 Å². The Morgan fingerprint density at radius 3 is 2.62 bits per heavy atom. The van der Waals surface area contributed by atoms with Crippen molar-refractivity contribution in [3.05, 3.63) is 35.4 Å². The van der Waals surface area contributed by atoms with Gasteiger partial charge in [-0.05, 0) is 0 Å². The minimum absolute atomic E-state index is 0.106. The minimum atomic E-state index is -0.218. The van der Waals surface area contributed by atoms with Crippen molar-refractivity contribution >= 4 is 19.6 Å². The van der Waals surface area contributed by atoms with Crippen LogP contribution in [0.3, 0.4) is 0 Å². The van der Waals surface area contributed by atoms with Gasteiger partial charge in [0.15, 0.2) is 0 Å². The molecule has 0 aliphatic rings. The number of nitriles is 1. The van der Waals surface area contributed by atoms with Crippen molar-refractivity contribution < 1.29 is 4.79 Å². The van der Waals surface area contributed by atoms with E-state index in [4.69, 9.17) is 5.26 Å². The van der Waals surface area contributed by atoms with Gasteiger partial charge in [-0.15, -0.1) is 0 Å². The van der Waals surface area contributed by atoms with Gasteiger partial charge in [0.1, 0.15) is 0 Å². The Morgan fingerprint density at radius 2 is 2.08 bits per heavy atom. The zero-order valence-corrected chi connectivity index (χ0v) is 8.99. The average Bonchev–Trinajstić information content (AvgIpc) is 2.15. The molecule has 0 aliphatic heterocycles. The fourth-order valence-electron chi connectivity index (χ4n) is 0.871. The van der Waals surface area contributed by atoms with E-state index in [1.165, 1.54) is 0 Å². The summed E-state index contributed by atoms with van der Waals surface area (Å²) in [7, 11) is 0. The second kappa shape index (κ2) is 4.81. The summed E-state index contributed by atoms with van der Waals surface area (Å²) in [5, 5.41) is 8.68. The van der Waals surface area contributed by atoms with Crippen molar-refractivity contribution in [1.82, 2.24) is 0 Å². The third kappa shape index (κ3) is 3.02. The first kappa shape index (κ1) is 9.98. The molecule has 2 nitrogen and oxygen atoms in total. The Morgan fingerprint density at radius 1 is 1.46 bits per heavy atom. The first-order valence-electron chi connectivity index (χ1n) is 3.85. The number of aryl methyl sites for hydroxylation is 1. The summed E-state index contributed by atoms with van der Waals surface area (Å²) in [6, 6.07) is 9.44. The predicted octanol–water partition coefficient (Wildman–Crippen LogP) is 1.78. The Balaban J connectivity index is 2.68. The summed E-state index contributed by atoms with van der Waals surface area (Å²) in [6.07, 6.45) is 0. The van der Waals surface area contributed by atoms with Crippen LogP contribution in [0.15, 0.2) is 24.3 Å². The van der Waals surface area contributed by atoms with E-state index in [1.54, 1.807) is 0 Å². The molecule has 0 bridgehead atoms. The number of carbonyl (C=O) groups is 1. The van der Waals surface area contributed by atoms with Gasteiger partial charge in [0.25, 0.3) is 0 Å². The van der Waals surface area contributed by atoms with Gasteiger partial charge in [0.05, 0.1) is 0 Å². The monoisotopic (exact) mass is 239 g/mol. The molecule has 0 atom stereocenters. The predicted molar refractivity (Wildman–Crippen MR) is 51.7 cm³/mol. The molecule has 3 heteroatoms. The van der Waals surface area contributed by atoms with Crippen LogP contribution < -0.4 is 0 Å². The van der Waals surface area contributed by atoms with Crippen molar-refractivity contribution in [3.63, 3.8) is 0 Å². The number of nitrogens with zero attached hydrogens (tertiary/aromatic N) is 1. The van der Waals surface area contributed by atoms with Crippen molar-refractivity contribution in [2.24, 2.45) is 0 Å². The molecule has 1 rings (SSSR count). The molecule has 0 fully saturated rings. The fraction of sp³-hybridized carbons (Fsp3) is 0.200. The van der Waals surface area contributed by atoms with Gasteiger partial charge in [-0.1, -0.05) is 0 Å². The van der Waals surface area contributed by atoms with Gasteiger partial charge in [0, 0.05) is 0 Å². The van der Waals surface area contributed by atoms with E-state index in [1.807, 2.05) is 37.3 Å². The molecular formula is C10H9NOSe. The van der Waals surface area contributed by atoms with Crippen molar-refractivity contribution in [1.29, 1.82) is 5.26 Å². The van der Waals surface area contributed by atoms with Gasteiger partial charge in [-0.2, -0.15) is 0 Å². The first-order valence-corrected chi connectivity index (χ1v) is 5.91. The number of carbonyl (C=O) groups excluding carboxylic acids is 1. The summed E-state index contributed by atoms with van der Waals surface area (Å²) >= 11 is -0.218. The summed E-state index contributed by atoms with van der Waals surface area (Å²) in [4.78, 5) is 11.4. The van der Waals surface area contributed by atoms with Crippen LogP contribution in [0.1, 0.15) is 15.9 Å². The molecule has 0 aromatic heterocycles. The van der Waals surface area contributed by atoms with Crippen LogP contribution in [0.2, 0.25) is 5.32 Å². The Labute approximate surface area is 83.7 Å². The van der Waals surface area contributed by atoms with E-state index in [0.29, 0.717) is 5.32 Å². The zero-order chi connectivity index (χ0) is 9.68. The van der Waals surface area contributed by atoms with Crippen molar-refractivity contribution in [3.8, 4) is 6.07 Å². The Hall–Kier alpha value is -1.10. The van der Waals surface area contributed by atoms with Gasteiger partial charge in [-0.3, -0.25) is 0 Å². The third-order valence-corrected chi connectivity index (χ3v) is 3.17. The topological polar surface area (TPSA) is 40.9 Å². The van der Waals surface area contributed by atoms with E-state index in [0.717, 1.165) is 11.1 Å². The Bertz CT molecular complexity index is 337. The maximum atomic E-state index is 11.4. The molecule has 0 unspecified atom stereocenters. The van der Waals surface area contributed by atoms with Crippen LogP contribution in [0, 0.1) is 18.3 Å². The summed E-state index contributed by atoms with van der Waals surface area (Å²) in [5.41, 5.74) is 1.87. The van der Waals surface area contributed by atoms with E-state index in [-0.39, 0.29) is 19.6 Å². The second-order valence-electron chi connectivity index (χ2n) is 2.60. The second-order valence-corrected chi connectivity index (χ2v) is 4.59. The molecule has 13 heavy (non-hydrogen) atoms. The number of benzene rings is 1. The SMILES string of the molecule is Cc1ccc(C(=O)[Se]CC#N)cc1. The van der Waals surface area contributed by atoms with Crippen molar-refractivity contribution in [2.45, 2.75) is 12.2 Å². The van der Waals surface area contributed by atoms with E-state index >= 15 is 0 Å². The molecule has 0 radical (unpaired) electrons. The zero-order valence-electron chi connectivity index (χ0n) is 7.28. The quantitative estimate of drug-likeness (QED) is 0.753. The molecule has 0 saturated carbocycles. The molecule has 0 amide bonds. The molecule has 0 spiro atoms. The van der Waals surface area contributed by atoms with E-state index in [9.17, 15) is 4.79 Å². The fourth-order valence-corrected chi connectivity index (χ4v) is 1.92. The number of rotatable bonds is 3. The van der Waals surface area contributed by atoms with Crippen LogP contribution in [0.4, 0.5) is 0 Å². The standard InChI is InChI=1S/C10H9NOSe/c1-8-2-4-9(5-3-8)10(12)13-7-6-11/h2-5H,7H2,1H3. The molecular weight excluding hydrogens is 229 g/mol. The van der Waals surface area contributed by atoms with E-state index in [2.05, 4.69) is 0 Å².